The Hall–Kier alpha value is -0.330. The molecular weight excluding hydrogens is 160 g/mol. The summed E-state index contributed by atoms with van der Waals surface area (Å²) in [6, 6.07) is 0. The predicted octanol–water partition coefficient (Wildman–Crippen LogP) is 2.40. The molecule has 4 fully saturated rings. The largest absolute Gasteiger partial charge is 0.300 e. The van der Waals surface area contributed by atoms with Crippen molar-refractivity contribution >= 4 is 5.78 Å². The van der Waals surface area contributed by atoms with Gasteiger partial charge >= 0.3 is 0 Å². The molecule has 4 aliphatic rings. The van der Waals surface area contributed by atoms with Gasteiger partial charge in [0.25, 0.3) is 0 Å². The minimum atomic E-state index is 0.549. The number of ketones is 1. The van der Waals surface area contributed by atoms with E-state index in [4.69, 9.17) is 0 Å². The van der Waals surface area contributed by atoms with Gasteiger partial charge in [0.05, 0.1) is 0 Å². The van der Waals surface area contributed by atoms with Crippen molar-refractivity contribution in [3.63, 3.8) is 0 Å². The summed E-state index contributed by atoms with van der Waals surface area (Å²) in [6.07, 6.45) is 6.25. The third kappa shape index (κ3) is 0.461. The molecule has 0 aromatic heterocycles. The molecule has 0 aromatic rings. The van der Waals surface area contributed by atoms with Crippen LogP contribution in [0.2, 0.25) is 0 Å². The maximum absolute atomic E-state index is 11.4. The van der Waals surface area contributed by atoms with Gasteiger partial charge in [-0.15, -0.1) is 0 Å². The Bertz CT molecular complexity index is 321. The molecule has 0 N–H and O–H groups in total. The number of hydrogen-bond donors (Lipinski definition) is 0. The van der Waals surface area contributed by atoms with Gasteiger partial charge in [-0.1, -0.05) is 6.92 Å². The average molecular weight is 176 g/mol. The van der Waals surface area contributed by atoms with E-state index in [0.717, 1.165) is 30.6 Å². The van der Waals surface area contributed by atoms with Crippen molar-refractivity contribution in [3.8, 4) is 0 Å². The fourth-order valence-corrected chi connectivity index (χ4v) is 5.71. The van der Waals surface area contributed by atoms with Gasteiger partial charge in [0, 0.05) is 12.8 Å². The highest BCUT2D eigenvalue weighted by Gasteiger charge is 2.85. The normalized spacial score (nSPS) is 66.8. The van der Waals surface area contributed by atoms with Crippen molar-refractivity contribution in [3.05, 3.63) is 0 Å². The summed E-state index contributed by atoms with van der Waals surface area (Å²) in [6.45, 7) is 2.48. The highest BCUT2D eigenvalue weighted by molar-refractivity contribution is 5.85. The van der Waals surface area contributed by atoms with E-state index in [1.54, 1.807) is 0 Å². The maximum Gasteiger partial charge on any atom is 0.133 e. The van der Waals surface area contributed by atoms with E-state index in [2.05, 4.69) is 6.92 Å². The zero-order valence-corrected chi connectivity index (χ0v) is 8.18. The molecule has 0 heterocycles. The molecule has 0 aliphatic heterocycles. The van der Waals surface area contributed by atoms with Crippen molar-refractivity contribution < 1.29 is 4.79 Å². The molecule has 4 saturated carbocycles. The molecule has 1 spiro atoms. The van der Waals surface area contributed by atoms with Crippen LogP contribution in [0.3, 0.4) is 0 Å². The summed E-state index contributed by atoms with van der Waals surface area (Å²) in [5.41, 5.74) is 1.18. The van der Waals surface area contributed by atoms with Crippen LogP contribution in [0.15, 0.2) is 0 Å². The van der Waals surface area contributed by atoms with Crippen LogP contribution >= 0.6 is 0 Å². The molecule has 1 heteroatoms. The molecule has 13 heavy (non-hydrogen) atoms. The lowest BCUT2D eigenvalue weighted by molar-refractivity contribution is -0.119. The van der Waals surface area contributed by atoms with Gasteiger partial charge in [-0.05, 0) is 47.8 Å². The van der Waals surface area contributed by atoms with E-state index in [1.807, 2.05) is 0 Å². The van der Waals surface area contributed by atoms with Gasteiger partial charge in [0.1, 0.15) is 5.78 Å². The average Bonchev–Trinajstić information content (AvgIpc) is 2.52. The zero-order chi connectivity index (χ0) is 8.84. The van der Waals surface area contributed by atoms with E-state index >= 15 is 0 Å². The third-order valence-electron chi connectivity index (χ3n) is 6.20. The molecule has 0 amide bonds. The first kappa shape index (κ1) is 7.03. The smallest absolute Gasteiger partial charge is 0.133 e. The van der Waals surface area contributed by atoms with Crippen molar-refractivity contribution in [2.45, 2.75) is 39.0 Å². The van der Waals surface area contributed by atoms with Crippen LogP contribution in [0.25, 0.3) is 0 Å². The molecule has 2 unspecified atom stereocenters. The van der Waals surface area contributed by atoms with Crippen LogP contribution in [0, 0.1) is 28.6 Å². The number of fused-ring (bicyclic) bond motifs is 4. The Kier molecular flexibility index (Phi) is 0.874. The molecular formula is C12H16O. The fraction of sp³-hybridized carbons (Fsp3) is 0.917. The van der Waals surface area contributed by atoms with Crippen LogP contribution in [-0.4, -0.2) is 5.78 Å². The van der Waals surface area contributed by atoms with Gasteiger partial charge in [-0.3, -0.25) is 4.79 Å². The lowest BCUT2D eigenvalue weighted by atomic mass is 9.78. The van der Waals surface area contributed by atoms with E-state index in [-0.39, 0.29) is 0 Å². The molecule has 0 radical (unpaired) electrons. The minimum Gasteiger partial charge on any atom is -0.300 e. The minimum absolute atomic E-state index is 0.549. The molecule has 70 valence electrons. The molecule has 4 rings (SSSR count). The number of Topliss-reactive ketones (excluding diaryl/α,β-unsaturated/α-hetero) is 1. The highest BCUT2D eigenvalue weighted by Crippen LogP contribution is 2.89. The second-order valence-electron chi connectivity index (χ2n) is 6.00. The van der Waals surface area contributed by atoms with Crippen molar-refractivity contribution in [2.75, 3.05) is 0 Å². The van der Waals surface area contributed by atoms with Crippen LogP contribution < -0.4 is 0 Å². The van der Waals surface area contributed by atoms with Gasteiger partial charge in [0.2, 0.25) is 0 Å². The van der Waals surface area contributed by atoms with E-state index < -0.39 is 0 Å². The van der Waals surface area contributed by atoms with Gasteiger partial charge in [0.15, 0.2) is 0 Å². The SMILES string of the molecule is C[C@]12C3CC(=O)CC31[C@@H]1CC[C@H]2C1. The fourth-order valence-electron chi connectivity index (χ4n) is 5.71. The first-order valence-electron chi connectivity index (χ1n) is 5.71. The summed E-state index contributed by atoms with van der Waals surface area (Å²) >= 11 is 0. The maximum atomic E-state index is 11.4. The Morgan fingerprint density at radius 3 is 2.92 bits per heavy atom. The second-order valence-corrected chi connectivity index (χ2v) is 6.00. The Morgan fingerprint density at radius 2 is 2.08 bits per heavy atom. The molecule has 4 aliphatic carbocycles. The summed E-state index contributed by atoms with van der Waals surface area (Å²) < 4.78 is 0. The Morgan fingerprint density at radius 1 is 1.31 bits per heavy atom. The molecule has 5 atom stereocenters. The van der Waals surface area contributed by atoms with Crippen LogP contribution in [0.5, 0.6) is 0 Å². The predicted molar refractivity (Wildman–Crippen MR) is 49.1 cm³/mol. The quantitative estimate of drug-likeness (QED) is 0.554. The monoisotopic (exact) mass is 176 g/mol. The number of rotatable bonds is 0. The van der Waals surface area contributed by atoms with Gasteiger partial charge in [-0.25, -0.2) is 0 Å². The molecule has 1 nitrogen and oxygen atoms in total. The summed E-state index contributed by atoms with van der Waals surface area (Å²) in [7, 11) is 0. The zero-order valence-electron chi connectivity index (χ0n) is 8.18. The number of carbonyl (C=O) groups excluding carboxylic acids is 1. The topological polar surface area (TPSA) is 17.1 Å². The van der Waals surface area contributed by atoms with E-state index in [0.29, 0.717) is 16.6 Å². The molecule has 0 saturated heterocycles. The highest BCUT2D eigenvalue weighted by atomic mass is 16.1. The lowest BCUT2D eigenvalue weighted by Crippen LogP contribution is -2.22. The number of hydrogen-bond acceptors (Lipinski definition) is 1. The van der Waals surface area contributed by atoms with Gasteiger partial charge < -0.3 is 0 Å². The third-order valence-corrected chi connectivity index (χ3v) is 6.20. The van der Waals surface area contributed by atoms with Crippen LogP contribution in [0.4, 0.5) is 0 Å². The Balaban J connectivity index is 1.86. The summed E-state index contributed by atoms with van der Waals surface area (Å²) in [5, 5.41) is 0. The number of carbonyl (C=O) groups is 1. The van der Waals surface area contributed by atoms with E-state index in [9.17, 15) is 4.79 Å². The first-order valence-corrected chi connectivity index (χ1v) is 5.71. The van der Waals surface area contributed by atoms with Crippen molar-refractivity contribution in [2.24, 2.45) is 28.6 Å². The first-order chi connectivity index (χ1) is 6.19. The van der Waals surface area contributed by atoms with Crippen LogP contribution in [-0.2, 0) is 4.79 Å². The lowest BCUT2D eigenvalue weighted by Gasteiger charge is -2.26. The van der Waals surface area contributed by atoms with Gasteiger partial charge in [-0.2, -0.15) is 0 Å². The van der Waals surface area contributed by atoms with Crippen molar-refractivity contribution in [1.29, 1.82) is 0 Å². The summed E-state index contributed by atoms with van der Waals surface area (Å²) in [5.74, 6) is 3.32. The standard InChI is InChI=1S/C12H16O/c1-11-7-2-3-8(4-7)12(11)6-9(13)5-10(11)12/h7-8,10H,2-6H2,1H3/t7-,8+,10?,11-,12?/m0/s1. The summed E-state index contributed by atoms with van der Waals surface area (Å²) in [4.78, 5) is 11.4. The van der Waals surface area contributed by atoms with E-state index in [1.165, 1.54) is 19.3 Å². The Labute approximate surface area is 78.9 Å². The second kappa shape index (κ2) is 1.62. The molecule has 2 bridgehead atoms. The van der Waals surface area contributed by atoms with Crippen molar-refractivity contribution in [1.82, 2.24) is 0 Å². The molecule has 0 aromatic carbocycles. The van der Waals surface area contributed by atoms with Crippen LogP contribution in [0.1, 0.15) is 39.0 Å².